The van der Waals surface area contributed by atoms with Crippen LogP contribution in [0.15, 0.2) is 84.9 Å². The largest absolute Gasteiger partial charge is 0.326 e. The second kappa shape index (κ2) is 10.2. The predicted octanol–water partition coefficient (Wildman–Crippen LogP) is 5.56. The van der Waals surface area contributed by atoms with Crippen molar-refractivity contribution < 1.29 is 9.59 Å². The second-order valence-electron chi connectivity index (χ2n) is 6.46. The first-order valence-corrected chi connectivity index (χ1v) is 9.65. The highest BCUT2D eigenvalue weighted by molar-refractivity contribution is 6.32. The Hall–Kier alpha value is -3.37. The van der Waals surface area contributed by atoms with E-state index in [0.29, 0.717) is 29.2 Å². The van der Waals surface area contributed by atoms with E-state index < -0.39 is 0 Å². The summed E-state index contributed by atoms with van der Waals surface area (Å²) in [6, 6.07) is 24.2. The Bertz CT molecular complexity index is 999. The lowest BCUT2D eigenvalue weighted by molar-refractivity contribution is -0.116. The summed E-state index contributed by atoms with van der Waals surface area (Å²) >= 11 is 6.07. The maximum Gasteiger partial charge on any atom is 0.248 e. The van der Waals surface area contributed by atoms with Crippen LogP contribution in [0.25, 0.3) is 6.08 Å². The number of rotatable bonds is 7. The number of anilines is 2. The fourth-order valence-electron chi connectivity index (χ4n) is 2.72. The Morgan fingerprint density at radius 3 is 2.10 bits per heavy atom. The molecule has 0 spiro atoms. The van der Waals surface area contributed by atoms with Crippen molar-refractivity contribution in [1.82, 2.24) is 0 Å². The first kappa shape index (κ1) is 20.4. The number of hydrogen-bond acceptors (Lipinski definition) is 2. The molecule has 4 nitrogen and oxygen atoms in total. The van der Waals surface area contributed by atoms with Gasteiger partial charge in [-0.2, -0.15) is 0 Å². The van der Waals surface area contributed by atoms with Crippen molar-refractivity contribution in [3.05, 3.63) is 101 Å². The van der Waals surface area contributed by atoms with Crippen LogP contribution in [0.2, 0.25) is 5.02 Å². The smallest absolute Gasteiger partial charge is 0.248 e. The lowest BCUT2D eigenvalue weighted by Gasteiger charge is -2.07. The average molecular weight is 405 g/mol. The maximum absolute atomic E-state index is 12.1. The number of carbonyl (C=O) groups excluding carboxylic acids is 2. The topological polar surface area (TPSA) is 58.2 Å². The molecule has 0 heterocycles. The zero-order valence-electron chi connectivity index (χ0n) is 15.8. The molecular formula is C24H21ClN2O2. The third kappa shape index (κ3) is 6.63. The highest BCUT2D eigenvalue weighted by atomic mass is 35.5. The van der Waals surface area contributed by atoms with Gasteiger partial charge in [-0.25, -0.2) is 0 Å². The van der Waals surface area contributed by atoms with E-state index in [0.717, 1.165) is 11.1 Å². The zero-order valence-corrected chi connectivity index (χ0v) is 16.5. The minimum absolute atomic E-state index is 0.0479. The number of halogens is 1. The van der Waals surface area contributed by atoms with E-state index in [9.17, 15) is 9.59 Å². The molecule has 3 rings (SSSR count). The summed E-state index contributed by atoms with van der Waals surface area (Å²) in [4.78, 5) is 24.2. The van der Waals surface area contributed by atoms with Crippen molar-refractivity contribution in [2.45, 2.75) is 12.8 Å². The van der Waals surface area contributed by atoms with Gasteiger partial charge in [0.05, 0.1) is 0 Å². The van der Waals surface area contributed by atoms with Crippen LogP contribution in [0.5, 0.6) is 0 Å². The van der Waals surface area contributed by atoms with Crippen LogP contribution in [-0.4, -0.2) is 11.8 Å². The normalized spacial score (nSPS) is 10.7. The number of nitrogens with one attached hydrogen (secondary N) is 2. The third-order valence-electron chi connectivity index (χ3n) is 4.24. The Kier molecular flexibility index (Phi) is 7.20. The molecule has 5 heteroatoms. The van der Waals surface area contributed by atoms with E-state index in [4.69, 9.17) is 11.6 Å². The van der Waals surface area contributed by atoms with Gasteiger partial charge in [-0.15, -0.1) is 0 Å². The monoisotopic (exact) mass is 404 g/mol. The molecular weight excluding hydrogens is 384 g/mol. The van der Waals surface area contributed by atoms with Crippen molar-refractivity contribution in [2.75, 3.05) is 10.6 Å². The highest BCUT2D eigenvalue weighted by Gasteiger charge is 2.04. The number of amides is 2. The van der Waals surface area contributed by atoms with E-state index in [-0.39, 0.29) is 11.8 Å². The maximum atomic E-state index is 12.1. The fraction of sp³-hybridized carbons (Fsp3) is 0.0833. The van der Waals surface area contributed by atoms with Gasteiger partial charge in [-0.05, 0) is 54.0 Å². The summed E-state index contributed by atoms with van der Waals surface area (Å²) in [5.41, 5.74) is 3.23. The SMILES string of the molecule is O=C(/C=C/c1ccccc1Cl)Nc1ccc(NC(=O)CCc2ccccc2)cc1. The van der Waals surface area contributed by atoms with Gasteiger partial charge in [0.15, 0.2) is 0 Å². The molecule has 0 unspecified atom stereocenters. The standard InChI is InChI=1S/C24H21ClN2O2/c25-22-9-5-4-8-19(22)11-17-24(29)27-21-14-12-20(13-15-21)26-23(28)16-10-18-6-2-1-3-7-18/h1-9,11-15,17H,10,16H2,(H,26,28)(H,27,29)/b17-11+. The van der Waals surface area contributed by atoms with Gasteiger partial charge < -0.3 is 10.6 Å². The van der Waals surface area contributed by atoms with Crippen LogP contribution in [0.3, 0.4) is 0 Å². The van der Waals surface area contributed by atoms with Gasteiger partial charge in [0, 0.05) is 28.9 Å². The lowest BCUT2D eigenvalue weighted by atomic mass is 10.1. The molecule has 146 valence electrons. The Morgan fingerprint density at radius 1 is 0.793 bits per heavy atom. The van der Waals surface area contributed by atoms with Crippen molar-refractivity contribution >= 4 is 40.9 Å². The van der Waals surface area contributed by atoms with Gasteiger partial charge in [0.1, 0.15) is 0 Å². The summed E-state index contributed by atoms with van der Waals surface area (Å²) in [6.45, 7) is 0. The summed E-state index contributed by atoms with van der Waals surface area (Å²) in [5.74, 6) is -0.308. The molecule has 0 aromatic heterocycles. The second-order valence-corrected chi connectivity index (χ2v) is 6.86. The molecule has 0 fully saturated rings. The average Bonchev–Trinajstić information content (AvgIpc) is 2.74. The van der Waals surface area contributed by atoms with E-state index in [1.165, 1.54) is 6.08 Å². The number of aryl methyl sites for hydroxylation is 1. The highest BCUT2D eigenvalue weighted by Crippen LogP contribution is 2.17. The molecule has 0 aliphatic rings. The molecule has 0 bridgehead atoms. The van der Waals surface area contributed by atoms with Crippen molar-refractivity contribution in [2.24, 2.45) is 0 Å². The minimum atomic E-state index is -0.260. The number of benzene rings is 3. The quantitative estimate of drug-likeness (QED) is 0.506. The molecule has 0 aliphatic heterocycles. The number of carbonyl (C=O) groups is 2. The number of hydrogen-bond donors (Lipinski definition) is 2. The zero-order chi connectivity index (χ0) is 20.5. The molecule has 2 N–H and O–H groups in total. The third-order valence-corrected chi connectivity index (χ3v) is 4.58. The van der Waals surface area contributed by atoms with E-state index in [2.05, 4.69) is 10.6 Å². The van der Waals surface area contributed by atoms with Crippen molar-refractivity contribution in [3.8, 4) is 0 Å². The minimum Gasteiger partial charge on any atom is -0.326 e. The lowest BCUT2D eigenvalue weighted by Crippen LogP contribution is -2.12. The first-order valence-electron chi connectivity index (χ1n) is 9.27. The van der Waals surface area contributed by atoms with E-state index >= 15 is 0 Å². The molecule has 3 aromatic rings. The van der Waals surface area contributed by atoms with Gasteiger partial charge in [0.2, 0.25) is 11.8 Å². The van der Waals surface area contributed by atoms with E-state index in [1.807, 2.05) is 48.5 Å². The Morgan fingerprint density at radius 2 is 1.41 bits per heavy atom. The van der Waals surface area contributed by atoms with Crippen molar-refractivity contribution in [3.63, 3.8) is 0 Å². The van der Waals surface area contributed by atoms with Gasteiger partial charge in [-0.1, -0.05) is 60.1 Å². The first-order chi connectivity index (χ1) is 14.1. The molecule has 0 radical (unpaired) electrons. The van der Waals surface area contributed by atoms with Gasteiger partial charge in [-0.3, -0.25) is 9.59 Å². The predicted molar refractivity (Wildman–Crippen MR) is 119 cm³/mol. The molecule has 0 atom stereocenters. The summed E-state index contributed by atoms with van der Waals surface area (Å²) in [7, 11) is 0. The van der Waals surface area contributed by atoms with Gasteiger partial charge >= 0.3 is 0 Å². The Balaban J connectivity index is 1.48. The molecule has 2 amide bonds. The van der Waals surface area contributed by atoms with Gasteiger partial charge in [0.25, 0.3) is 0 Å². The van der Waals surface area contributed by atoms with Crippen LogP contribution in [-0.2, 0) is 16.0 Å². The fourth-order valence-corrected chi connectivity index (χ4v) is 2.92. The summed E-state index contributed by atoms with van der Waals surface area (Å²) in [5, 5.41) is 6.23. The van der Waals surface area contributed by atoms with Crippen LogP contribution in [0.4, 0.5) is 11.4 Å². The molecule has 0 saturated carbocycles. The Labute approximate surface area is 175 Å². The van der Waals surface area contributed by atoms with E-state index in [1.54, 1.807) is 36.4 Å². The van der Waals surface area contributed by atoms with Crippen LogP contribution < -0.4 is 10.6 Å². The van der Waals surface area contributed by atoms with Crippen molar-refractivity contribution in [1.29, 1.82) is 0 Å². The van der Waals surface area contributed by atoms with Crippen LogP contribution in [0, 0.1) is 0 Å². The summed E-state index contributed by atoms with van der Waals surface area (Å²) in [6.07, 6.45) is 4.20. The molecule has 0 saturated heterocycles. The van der Waals surface area contributed by atoms with Crippen LogP contribution in [0.1, 0.15) is 17.5 Å². The van der Waals surface area contributed by atoms with Crippen LogP contribution >= 0.6 is 11.6 Å². The molecule has 0 aliphatic carbocycles. The molecule has 3 aromatic carbocycles. The summed E-state index contributed by atoms with van der Waals surface area (Å²) < 4.78 is 0. The molecule has 29 heavy (non-hydrogen) atoms.